The normalized spacial score (nSPS) is 16.1. The fraction of sp³-hybridized carbons (Fsp3) is 0.0588. The van der Waals surface area contributed by atoms with E-state index in [0.29, 0.717) is 4.91 Å². The van der Waals surface area contributed by atoms with Gasteiger partial charge in [0.05, 0.1) is 12.0 Å². The third kappa shape index (κ3) is 3.06. The zero-order valence-corrected chi connectivity index (χ0v) is 12.3. The molecule has 1 aliphatic heterocycles. The summed E-state index contributed by atoms with van der Waals surface area (Å²) in [6.45, 7) is 0. The zero-order valence-electron chi connectivity index (χ0n) is 11.4. The number of methoxy groups -OCH3 is 1. The lowest BCUT2D eigenvalue weighted by atomic mass is 10.2. The monoisotopic (exact) mass is 295 g/mol. The van der Waals surface area contributed by atoms with Crippen LogP contribution in [0.3, 0.4) is 0 Å². The Balaban J connectivity index is 1.86. The van der Waals surface area contributed by atoms with Crippen molar-refractivity contribution < 1.29 is 9.53 Å². The summed E-state index contributed by atoms with van der Waals surface area (Å²) in [6.07, 6.45) is 1.84. The second-order valence-electron chi connectivity index (χ2n) is 4.48. The Kier molecular flexibility index (Phi) is 3.88. The number of hydrogen-bond acceptors (Lipinski definition) is 3. The van der Waals surface area contributed by atoms with Gasteiger partial charge < -0.3 is 4.74 Å². The number of thioether (sulfide) groups is 1. The molecule has 3 rings (SSSR count). The number of ether oxygens (including phenoxy) is 1. The SMILES string of the molecule is COc1cccc(/C=C2\SC(c3ccccc3)=NC2=O)c1. The zero-order chi connectivity index (χ0) is 14.7. The predicted octanol–water partition coefficient (Wildman–Crippen LogP) is 3.76. The number of amides is 1. The van der Waals surface area contributed by atoms with Gasteiger partial charge >= 0.3 is 0 Å². The number of nitrogens with zero attached hydrogens (tertiary/aromatic N) is 1. The highest BCUT2D eigenvalue weighted by Gasteiger charge is 2.22. The second kappa shape index (κ2) is 5.97. The van der Waals surface area contributed by atoms with Crippen LogP contribution in [0.4, 0.5) is 0 Å². The fourth-order valence-corrected chi connectivity index (χ4v) is 2.91. The van der Waals surface area contributed by atoms with E-state index in [1.54, 1.807) is 7.11 Å². The highest BCUT2D eigenvalue weighted by atomic mass is 32.2. The van der Waals surface area contributed by atoms with Gasteiger partial charge in [-0.05, 0) is 23.8 Å². The molecule has 0 radical (unpaired) electrons. The summed E-state index contributed by atoms with van der Waals surface area (Å²) >= 11 is 1.40. The lowest BCUT2D eigenvalue weighted by Crippen LogP contribution is -1.89. The molecule has 0 bridgehead atoms. The van der Waals surface area contributed by atoms with Crippen molar-refractivity contribution >= 4 is 28.8 Å². The first-order valence-corrected chi connectivity index (χ1v) is 7.30. The van der Waals surface area contributed by atoms with Crippen molar-refractivity contribution in [3.8, 4) is 5.75 Å². The molecule has 0 saturated heterocycles. The highest BCUT2D eigenvalue weighted by Crippen LogP contribution is 2.32. The van der Waals surface area contributed by atoms with E-state index in [1.807, 2.05) is 60.7 Å². The molecule has 1 amide bonds. The quantitative estimate of drug-likeness (QED) is 0.809. The van der Waals surface area contributed by atoms with Crippen LogP contribution in [0.25, 0.3) is 6.08 Å². The minimum atomic E-state index is -0.193. The van der Waals surface area contributed by atoms with E-state index in [2.05, 4.69) is 4.99 Å². The van der Waals surface area contributed by atoms with Gasteiger partial charge in [0.25, 0.3) is 5.91 Å². The summed E-state index contributed by atoms with van der Waals surface area (Å²) in [6, 6.07) is 17.3. The van der Waals surface area contributed by atoms with Gasteiger partial charge in [-0.3, -0.25) is 4.79 Å². The smallest absolute Gasteiger partial charge is 0.284 e. The lowest BCUT2D eigenvalue weighted by molar-refractivity contribution is -0.113. The van der Waals surface area contributed by atoms with Gasteiger partial charge in [-0.15, -0.1) is 0 Å². The van der Waals surface area contributed by atoms with E-state index in [4.69, 9.17) is 4.74 Å². The first-order valence-electron chi connectivity index (χ1n) is 6.48. The Morgan fingerprint density at radius 2 is 1.90 bits per heavy atom. The maximum Gasteiger partial charge on any atom is 0.284 e. The van der Waals surface area contributed by atoms with Gasteiger partial charge in [0.1, 0.15) is 10.8 Å². The number of carbonyl (C=O) groups is 1. The average molecular weight is 295 g/mol. The standard InChI is InChI=1S/C17H13NO2S/c1-20-14-9-5-6-12(10-14)11-15-16(19)18-17(21-15)13-7-3-2-4-8-13/h2-11H,1H3/b15-11-. The summed E-state index contributed by atoms with van der Waals surface area (Å²) in [5, 5.41) is 0.745. The van der Waals surface area contributed by atoms with E-state index in [0.717, 1.165) is 21.9 Å². The van der Waals surface area contributed by atoms with Gasteiger partial charge in [0.2, 0.25) is 0 Å². The molecule has 4 heteroatoms. The molecule has 0 unspecified atom stereocenters. The summed E-state index contributed by atoms with van der Waals surface area (Å²) in [5.41, 5.74) is 1.89. The minimum Gasteiger partial charge on any atom is -0.497 e. The summed E-state index contributed by atoms with van der Waals surface area (Å²) < 4.78 is 5.19. The van der Waals surface area contributed by atoms with Crippen LogP contribution in [0.15, 0.2) is 64.5 Å². The maximum atomic E-state index is 12.0. The van der Waals surface area contributed by atoms with Gasteiger partial charge in [-0.2, -0.15) is 0 Å². The Morgan fingerprint density at radius 3 is 2.67 bits per heavy atom. The molecule has 1 aliphatic rings. The van der Waals surface area contributed by atoms with Crippen molar-refractivity contribution in [3.05, 3.63) is 70.6 Å². The lowest BCUT2D eigenvalue weighted by Gasteiger charge is -2.01. The van der Waals surface area contributed by atoms with E-state index in [1.165, 1.54) is 11.8 Å². The van der Waals surface area contributed by atoms with Crippen LogP contribution in [-0.4, -0.2) is 18.1 Å². The van der Waals surface area contributed by atoms with Crippen LogP contribution < -0.4 is 4.74 Å². The summed E-state index contributed by atoms with van der Waals surface area (Å²) in [4.78, 5) is 16.8. The molecule has 0 atom stereocenters. The van der Waals surface area contributed by atoms with Crippen molar-refractivity contribution in [2.75, 3.05) is 7.11 Å². The Hall–Kier alpha value is -2.33. The number of rotatable bonds is 3. The van der Waals surface area contributed by atoms with Crippen molar-refractivity contribution in [3.63, 3.8) is 0 Å². The summed E-state index contributed by atoms with van der Waals surface area (Å²) in [5.74, 6) is 0.575. The van der Waals surface area contributed by atoms with Crippen molar-refractivity contribution in [2.45, 2.75) is 0 Å². The van der Waals surface area contributed by atoms with E-state index < -0.39 is 0 Å². The number of aliphatic imine (C=N–C) groups is 1. The molecule has 0 aliphatic carbocycles. The highest BCUT2D eigenvalue weighted by molar-refractivity contribution is 8.19. The molecular formula is C17H13NO2S. The molecular weight excluding hydrogens is 282 g/mol. The van der Waals surface area contributed by atoms with Crippen LogP contribution in [0, 0.1) is 0 Å². The van der Waals surface area contributed by atoms with Gasteiger partial charge in [-0.25, -0.2) is 4.99 Å². The molecule has 0 N–H and O–H groups in total. The largest absolute Gasteiger partial charge is 0.497 e. The van der Waals surface area contributed by atoms with Gasteiger partial charge in [0, 0.05) is 5.56 Å². The Bertz CT molecular complexity index is 735. The predicted molar refractivity (Wildman–Crippen MR) is 86.5 cm³/mol. The molecule has 2 aromatic carbocycles. The topological polar surface area (TPSA) is 38.7 Å². The molecule has 1 heterocycles. The van der Waals surface area contributed by atoms with E-state index in [9.17, 15) is 4.79 Å². The van der Waals surface area contributed by atoms with Crippen LogP contribution in [-0.2, 0) is 4.79 Å². The van der Waals surface area contributed by atoms with Gasteiger partial charge in [-0.1, -0.05) is 54.2 Å². The molecule has 104 valence electrons. The Morgan fingerprint density at radius 1 is 1.10 bits per heavy atom. The van der Waals surface area contributed by atoms with Crippen LogP contribution in [0.5, 0.6) is 5.75 Å². The third-order valence-corrected chi connectivity index (χ3v) is 4.07. The second-order valence-corrected chi connectivity index (χ2v) is 5.51. The van der Waals surface area contributed by atoms with Gasteiger partial charge in [0.15, 0.2) is 0 Å². The molecule has 3 nitrogen and oxygen atoms in total. The molecule has 0 saturated carbocycles. The van der Waals surface area contributed by atoms with Crippen LogP contribution >= 0.6 is 11.8 Å². The summed E-state index contributed by atoms with van der Waals surface area (Å²) in [7, 11) is 1.62. The van der Waals surface area contributed by atoms with Crippen molar-refractivity contribution in [1.29, 1.82) is 0 Å². The maximum absolute atomic E-state index is 12.0. The molecule has 2 aromatic rings. The average Bonchev–Trinajstić information content (AvgIpc) is 2.89. The third-order valence-electron chi connectivity index (χ3n) is 3.03. The first kappa shape index (κ1) is 13.6. The van der Waals surface area contributed by atoms with Crippen LogP contribution in [0.2, 0.25) is 0 Å². The molecule has 0 spiro atoms. The first-order chi connectivity index (χ1) is 10.3. The molecule has 0 aromatic heterocycles. The van der Waals surface area contributed by atoms with Crippen LogP contribution in [0.1, 0.15) is 11.1 Å². The Labute approximate surface area is 127 Å². The number of carbonyl (C=O) groups excluding carboxylic acids is 1. The fourth-order valence-electron chi connectivity index (χ4n) is 2.00. The number of benzene rings is 2. The molecule has 21 heavy (non-hydrogen) atoms. The van der Waals surface area contributed by atoms with E-state index in [-0.39, 0.29) is 5.91 Å². The van der Waals surface area contributed by atoms with E-state index >= 15 is 0 Å². The molecule has 0 fully saturated rings. The van der Waals surface area contributed by atoms with Crippen molar-refractivity contribution in [2.24, 2.45) is 4.99 Å². The minimum absolute atomic E-state index is 0.193. The van der Waals surface area contributed by atoms with Crippen molar-refractivity contribution in [1.82, 2.24) is 0 Å². The number of hydrogen-bond donors (Lipinski definition) is 0.